The van der Waals surface area contributed by atoms with Gasteiger partial charge in [0.2, 0.25) is 5.91 Å². The molecule has 0 aliphatic rings. The summed E-state index contributed by atoms with van der Waals surface area (Å²) in [6.07, 6.45) is 3.46. The SMILES string of the molecule is COC(=O)/C=C/CCNC(=O)Cn1c(C)c(C)sc1=O. The molecule has 1 aromatic heterocycles. The van der Waals surface area contributed by atoms with Gasteiger partial charge in [-0.1, -0.05) is 17.4 Å². The fraction of sp³-hybridized carbons (Fsp3) is 0.462. The molecule has 0 aliphatic carbocycles. The Balaban J connectivity index is 2.39. The van der Waals surface area contributed by atoms with Gasteiger partial charge in [-0.25, -0.2) is 4.79 Å². The van der Waals surface area contributed by atoms with Crippen molar-refractivity contribution in [1.82, 2.24) is 9.88 Å². The molecule has 0 unspecified atom stereocenters. The Morgan fingerprint density at radius 3 is 2.65 bits per heavy atom. The largest absolute Gasteiger partial charge is 0.466 e. The number of hydrogen-bond acceptors (Lipinski definition) is 5. The lowest BCUT2D eigenvalue weighted by Crippen LogP contribution is -2.31. The first kappa shape index (κ1) is 16.2. The molecule has 1 N–H and O–H groups in total. The summed E-state index contributed by atoms with van der Waals surface area (Å²) in [5, 5.41) is 2.69. The zero-order chi connectivity index (χ0) is 15.1. The van der Waals surface area contributed by atoms with Crippen molar-refractivity contribution in [3.8, 4) is 0 Å². The second kappa shape index (κ2) is 7.64. The minimum absolute atomic E-state index is 0.0235. The van der Waals surface area contributed by atoms with Crippen LogP contribution in [0.1, 0.15) is 17.0 Å². The molecule has 1 aromatic rings. The fourth-order valence-corrected chi connectivity index (χ4v) is 2.34. The number of aryl methyl sites for hydroxylation is 1. The highest BCUT2D eigenvalue weighted by Crippen LogP contribution is 2.08. The molecule has 0 saturated heterocycles. The molecule has 0 saturated carbocycles. The van der Waals surface area contributed by atoms with Gasteiger partial charge in [-0.3, -0.25) is 14.2 Å². The van der Waals surface area contributed by atoms with E-state index >= 15 is 0 Å². The average molecular weight is 298 g/mol. The third kappa shape index (κ3) is 4.65. The number of amides is 1. The van der Waals surface area contributed by atoms with Crippen LogP contribution in [0.2, 0.25) is 0 Å². The standard InChI is InChI=1S/C13H18N2O4S/c1-9-10(2)20-13(18)15(9)8-11(16)14-7-5-4-6-12(17)19-3/h4,6H,5,7-8H2,1-3H3,(H,14,16)/b6-4+. The fourth-order valence-electron chi connectivity index (χ4n) is 1.51. The number of carbonyl (C=O) groups excluding carboxylic acids is 2. The van der Waals surface area contributed by atoms with Crippen molar-refractivity contribution in [3.63, 3.8) is 0 Å². The summed E-state index contributed by atoms with van der Waals surface area (Å²) in [4.78, 5) is 34.9. The van der Waals surface area contributed by atoms with Gasteiger partial charge >= 0.3 is 10.8 Å². The van der Waals surface area contributed by atoms with E-state index in [0.29, 0.717) is 13.0 Å². The second-order valence-electron chi connectivity index (χ2n) is 4.16. The number of nitrogens with one attached hydrogen (secondary N) is 1. The first-order valence-electron chi connectivity index (χ1n) is 6.13. The molecule has 7 heteroatoms. The van der Waals surface area contributed by atoms with Gasteiger partial charge in [0.25, 0.3) is 0 Å². The van der Waals surface area contributed by atoms with Crippen LogP contribution < -0.4 is 10.2 Å². The van der Waals surface area contributed by atoms with Gasteiger partial charge in [-0.2, -0.15) is 0 Å². The Bertz CT molecular complexity index is 571. The van der Waals surface area contributed by atoms with Gasteiger partial charge < -0.3 is 10.1 Å². The summed E-state index contributed by atoms with van der Waals surface area (Å²) in [6, 6.07) is 0. The predicted octanol–water partition coefficient (Wildman–Crippen LogP) is 0.762. The summed E-state index contributed by atoms with van der Waals surface area (Å²) in [7, 11) is 1.30. The molecule has 0 aromatic carbocycles. The van der Waals surface area contributed by atoms with Crippen LogP contribution in [0.5, 0.6) is 0 Å². The number of methoxy groups -OCH3 is 1. The van der Waals surface area contributed by atoms with E-state index in [-0.39, 0.29) is 17.3 Å². The minimum Gasteiger partial charge on any atom is -0.466 e. The average Bonchev–Trinajstić information content (AvgIpc) is 2.64. The normalized spacial score (nSPS) is 10.8. The molecule has 0 spiro atoms. The lowest BCUT2D eigenvalue weighted by Gasteiger charge is -2.05. The Hall–Kier alpha value is -1.89. The Labute approximate surface area is 121 Å². The lowest BCUT2D eigenvalue weighted by molar-refractivity contribution is -0.134. The van der Waals surface area contributed by atoms with Crippen LogP contribution in [0.3, 0.4) is 0 Å². The van der Waals surface area contributed by atoms with E-state index in [1.165, 1.54) is 17.8 Å². The molecule has 0 aliphatic heterocycles. The highest BCUT2D eigenvalue weighted by Gasteiger charge is 2.10. The zero-order valence-electron chi connectivity index (χ0n) is 11.8. The zero-order valence-corrected chi connectivity index (χ0v) is 12.6. The van der Waals surface area contributed by atoms with Crippen LogP contribution in [-0.4, -0.2) is 30.1 Å². The number of nitrogens with zero attached hydrogens (tertiary/aromatic N) is 1. The maximum atomic E-state index is 11.7. The van der Waals surface area contributed by atoms with Crippen molar-refractivity contribution < 1.29 is 14.3 Å². The number of rotatable bonds is 6. The first-order chi connectivity index (χ1) is 9.45. The van der Waals surface area contributed by atoms with Crippen LogP contribution >= 0.6 is 11.3 Å². The highest BCUT2D eigenvalue weighted by molar-refractivity contribution is 7.09. The Kier molecular flexibility index (Phi) is 6.17. The maximum absolute atomic E-state index is 11.7. The summed E-state index contributed by atoms with van der Waals surface area (Å²) in [5.74, 6) is -0.647. The van der Waals surface area contributed by atoms with E-state index in [0.717, 1.165) is 21.9 Å². The molecule has 0 atom stereocenters. The van der Waals surface area contributed by atoms with Gasteiger partial charge in [0.15, 0.2) is 0 Å². The van der Waals surface area contributed by atoms with E-state index < -0.39 is 5.97 Å². The van der Waals surface area contributed by atoms with E-state index in [1.54, 1.807) is 6.08 Å². The van der Waals surface area contributed by atoms with Crippen molar-refractivity contribution in [2.45, 2.75) is 26.8 Å². The van der Waals surface area contributed by atoms with Crippen molar-refractivity contribution >= 4 is 23.2 Å². The van der Waals surface area contributed by atoms with E-state index in [1.807, 2.05) is 13.8 Å². The summed E-state index contributed by atoms with van der Waals surface area (Å²) in [6.45, 7) is 4.10. The van der Waals surface area contributed by atoms with Gasteiger partial charge in [-0.15, -0.1) is 0 Å². The molecular weight excluding hydrogens is 280 g/mol. The van der Waals surface area contributed by atoms with Crippen molar-refractivity contribution in [2.24, 2.45) is 0 Å². The first-order valence-corrected chi connectivity index (χ1v) is 6.95. The second-order valence-corrected chi connectivity index (χ2v) is 5.33. The van der Waals surface area contributed by atoms with E-state index in [2.05, 4.69) is 10.1 Å². The molecule has 6 nitrogen and oxygen atoms in total. The number of hydrogen-bond donors (Lipinski definition) is 1. The number of ether oxygens (including phenoxy) is 1. The van der Waals surface area contributed by atoms with Gasteiger partial charge in [0, 0.05) is 23.2 Å². The van der Waals surface area contributed by atoms with Crippen LogP contribution in [0.25, 0.3) is 0 Å². The van der Waals surface area contributed by atoms with E-state index in [9.17, 15) is 14.4 Å². The Morgan fingerprint density at radius 2 is 2.10 bits per heavy atom. The molecule has 0 bridgehead atoms. The van der Waals surface area contributed by atoms with Gasteiger partial charge in [0.1, 0.15) is 6.54 Å². The van der Waals surface area contributed by atoms with Crippen LogP contribution in [0.4, 0.5) is 0 Å². The quantitative estimate of drug-likeness (QED) is 0.478. The number of thiazole rings is 1. The smallest absolute Gasteiger partial charge is 0.330 e. The molecule has 0 radical (unpaired) electrons. The third-order valence-electron chi connectivity index (χ3n) is 2.77. The number of carbonyl (C=O) groups is 2. The maximum Gasteiger partial charge on any atom is 0.330 e. The molecule has 1 rings (SSSR count). The molecule has 0 fully saturated rings. The van der Waals surface area contributed by atoms with Crippen LogP contribution in [-0.2, 0) is 20.9 Å². The van der Waals surface area contributed by atoms with Crippen molar-refractivity contribution in [3.05, 3.63) is 32.4 Å². The van der Waals surface area contributed by atoms with Crippen molar-refractivity contribution in [2.75, 3.05) is 13.7 Å². The lowest BCUT2D eigenvalue weighted by atomic mass is 10.3. The highest BCUT2D eigenvalue weighted by atomic mass is 32.1. The summed E-state index contributed by atoms with van der Waals surface area (Å²) < 4.78 is 5.89. The summed E-state index contributed by atoms with van der Waals surface area (Å²) in [5.41, 5.74) is 0.820. The van der Waals surface area contributed by atoms with Crippen LogP contribution in [0.15, 0.2) is 16.9 Å². The number of esters is 1. The topological polar surface area (TPSA) is 77.4 Å². The van der Waals surface area contributed by atoms with Crippen molar-refractivity contribution in [1.29, 1.82) is 0 Å². The third-order valence-corrected chi connectivity index (χ3v) is 3.76. The monoisotopic (exact) mass is 298 g/mol. The minimum atomic E-state index is -0.424. The van der Waals surface area contributed by atoms with Gasteiger partial charge in [-0.05, 0) is 20.3 Å². The molecule has 110 valence electrons. The molecule has 1 heterocycles. The van der Waals surface area contributed by atoms with Gasteiger partial charge in [0.05, 0.1) is 7.11 Å². The summed E-state index contributed by atoms with van der Waals surface area (Å²) >= 11 is 1.14. The molecule has 20 heavy (non-hydrogen) atoms. The van der Waals surface area contributed by atoms with E-state index in [4.69, 9.17) is 0 Å². The Morgan fingerprint density at radius 1 is 1.40 bits per heavy atom. The van der Waals surface area contributed by atoms with Crippen LogP contribution in [0, 0.1) is 13.8 Å². The predicted molar refractivity (Wildman–Crippen MR) is 76.8 cm³/mol. The molecule has 1 amide bonds. The molecular formula is C13H18N2O4S. The number of aromatic nitrogens is 1.